The average Bonchev–Trinajstić information content (AvgIpc) is 2.59. The van der Waals surface area contributed by atoms with Gasteiger partial charge in [-0.3, -0.25) is 9.35 Å². The SMILES string of the molecule is COc1ccccc1-c1ccccc1C(=O)NC(CS(=O)(=O)O)C(=O)O. The largest absolute Gasteiger partial charge is 0.496 e. The number of carboxylic acid groups (broad SMARTS) is 1. The van der Waals surface area contributed by atoms with Crippen molar-refractivity contribution in [3.05, 3.63) is 54.1 Å². The fourth-order valence-electron chi connectivity index (χ4n) is 2.40. The lowest BCUT2D eigenvalue weighted by Crippen LogP contribution is -2.45. The Morgan fingerprint density at radius 1 is 1.08 bits per heavy atom. The first kappa shape index (κ1) is 19.4. The molecule has 0 spiro atoms. The van der Waals surface area contributed by atoms with Crippen LogP contribution in [0.15, 0.2) is 48.5 Å². The number of carbonyl (C=O) groups excluding carboxylic acids is 1. The standard InChI is InChI=1S/C17H17NO7S/c1-25-15-9-5-4-7-12(15)11-6-2-3-8-13(11)16(19)18-14(17(20)21)10-26(22,23)24/h2-9,14H,10H2,1H3,(H,18,19)(H,20,21)(H,22,23,24). The van der Waals surface area contributed by atoms with E-state index in [-0.39, 0.29) is 5.56 Å². The molecule has 1 amide bonds. The summed E-state index contributed by atoms with van der Waals surface area (Å²) in [5.74, 6) is -2.99. The van der Waals surface area contributed by atoms with Gasteiger partial charge in [0.2, 0.25) is 0 Å². The van der Waals surface area contributed by atoms with Crippen LogP contribution in [0.5, 0.6) is 5.75 Å². The molecule has 2 rings (SSSR count). The summed E-state index contributed by atoms with van der Waals surface area (Å²) in [4.78, 5) is 23.7. The topological polar surface area (TPSA) is 130 Å². The van der Waals surface area contributed by atoms with Gasteiger partial charge in [-0.15, -0.1) is 0 Å². The molecule has 0 aliphatic rings. The van der Waals surface area contributed by atoms with Gasteiger partial charge in [0.25, 0.3) is 16.0 Å². The molecule has 2 aromatic rings. The predicted molar refractivity (Wildman–Crippen MR) is 93.7 cm³/mol. The van der Waals surface area contributed by atoms with E-state index in [1.54, 1.807) is 42.5 Å². The number of aliphatic carboxylic acids is 1. The van der Waals surface area contributed by atoms with Crippen molar-refractivity contribution < 1.29 is 32.4 Å². The summed E-state index contributed by atoms with van der Waals surface area (Å²) >= 11 is 0. The van der Waals surface area contributed by atoms with Crippen LogP contribution in [0.4, 0.5) is 0 Å². The zero-order chi connectivity index (χ0) is 19.3. The van der Waals surface area contributed by atoms with Crippen LogP contribution in [-0.2, 0) is 14.9 Å². The van der Waals surface area contributed by atoms with E-state index >= 15 is 0 Å². The van der Waals surface area contributed by atoms with E-state index in [0.29, 0.717) is 16.9 Å². The van der Waals surface area contributed by atoms with Crippen LogP contribution in [0.25, 0.3) is 11.1 Å². The average molecular weight is 379 g/mol. The van der Waals surface area contributed by atoms with E-state index in [9.17, 15) is 18.0 Å². The van der Waals surface area contributed by atoms with Gasteiger partial charge < -0.3 is 15.2 Å². The van der Waals surface area contributed by atoms with E-state index in [2.05, 4.69) is 5.32 Å². The zero-order valence-electron chi connectivity index (χ0n) is 13.7. The molecule has 1 atom stereocenters. The minimum absolute atomic E-state index is 0.138. The molecule has 2 aromatic carbocycles. The van der Waals surface area contributed by atoms with Crippen molar-refractivity contribution in [3.63, 3.8) is 0 Å². The van der Waals surface area contributed by atoms with Gasteiger partial charge in [0.1, 0.15) is 17.5 Å². The van der Waals surface area contributed by atoms with Crippen molar-refractivity contribution >= 4 is 22.0 Å². The lowest BCUT2D eigenvalue weighted by Gasteiger charge is -2.16. The molecule has 0 aliphatic heterocycles. The maximum absolute atomic E-state index is 12.5. The Balaban J connectivity index is 2.40. The fourth-order valence-corrected chi connectivity index (χ4v) is 3.05. The molecule has 0 aliphatic carbocycles. The van der Waals surface area contributed by atoms with Gasteiger partial charge in [0, 0.05) is 11.1 Å². The van der Waals surface area contributed by atoms with Gasteiger partial charge in [-0.2, -0.15) is 8.42 Å². The van der Waals surface area contributed by atoms with Gasteiger partial charge in [-0.1, -0.05) is 36.4 Å². The first-order valence-electron chi connectivity index (χ1n) is 7.44. The molecule has 0 radical (unpaired) electrons. The highest BCUT2D eigenvalue weighted by molar-refractivity contribution is 7.85. The Hall–Kier alpha value is -2.91. The highest BCUT2D eigenvalue weighted by Gasteiger charge is 2.27. The second kappa shape index (κ2) is 7.98. The summed E-state index contributed by atoms with van der Waals surface area (Å²) < 4.78 is 36.1. The Labute approximate surface area is 150 Å². The van der Waals surface area contributed by atoms with Crippen molar-refractivity contribution in [2.45, 2.75) is 6.04 Å². The predicted octanol–water partition coefficient (Wildman–Crippen LogP) is 1.43. The molecule has 0 saturated heterocycles. The fraction of sp³-hybridized carbons (Fsp3) is 0.176. The molecule has 0 fully saturated rings. The number of rotatable bonds is 7. The number of carbonyl (C=O) groups is 2. The lowest BCUT2D eigenvalue weighted by molar-refractivity contribution is -0.138. The summed E-state index contributed by atoms with van der Waals surface area (Å²) in [5.41, 5.74) is 1.24. The monoisotopic (exact) mass is 379 g/mol. The summed E-state index contributed by atoms with van der Waals surface area (Å²) in [6, 6.07) is 11.6. The molecule has 0 aromatic heterocycles. The summed E-state index contributed by atoms with van der Waals surface area (Å²) in [5, 5.41) is 11.2. The Morgan fingerprint density at radius 3 is 2.23 bits per heavy atom. The van der Waals surface area contributed by atoms with E-state index in [1.807, 2.05) is 0 Å². The number of methoxy groups -OCH3 is 1. The summed E-state index contributed by atoms with van der Waals surface area (Å²) in [6.07, 6.45) is 0. The van der Waals surface area contributed by atoms with Gasteiger partial charge in [0.05, 0.1) is 7.11 Å². The third-order valence-electron chi connectivity index (χ3n) is 3.55. The Kier molecular flexibility index (Phi) is 5.96. The normalized spacial score (nSPS) is 12.2. The second-order valence-corrected chi connectivity index (χ2v) is 6.86. The van der Waals surface area contributed by atoms with Crippen LogP contribution < -0.4 is 10.1 Å². The number of hydrogen-bond donors (Lipinski definition) is 3. The molecule has 8 nitrogen and oxygen atoms in total. The zero-order valence-corrected chi connectivity index (χ0v) is 14.6. The van der Waals surface area contributed by atoms with Crippen LogP contribution in [0, 0.1) is 0 Å². The van der Waals surface area contributed by atoms with Crippen molar-refractivity contribution in [1.82, 2.24) is 5.32 Å². The first-order valence-corrected chi connectivity index (χ1v) is 9.05. The number of amides is 1. The molecular formula is C17H17NO7S. The van der Waals surface area contributed by atoms with Gasteiger partial charge in [0.15, 0.2) is 0 Å². The van der Waals surface area contributed by atoms with Crippen molar-refractivity contribution in [2.24, 2.45) is 0 Å². The van der Waals surface area contributed by atoms with Crippen LogP contribution in [0.2, 0.25) is 0 Å². The van der Waals surface area contributed by atoms with E-state index in [0.717, 1.165) is 0 Å². The highest BCUT2D eigenvalue weighted by atomic mass is 32.2. The summed E-state index contributed by atoms with van der Waals surface area (Å²) in [6.45, 7) is 0. The van der Waals surface area contributed by atoms with Crippen LogP contribution in [0.3, 0.4) is 0 Å². The Bertz CT molecular complexity index is 924. The maximum Gasteiger partial charge on any atom is 0.327 e. The quantitative estimate of drug-likeness (QED) is 0.621. The smallest absolute Gasteiger partial charge is 0.327 e. The number of ether oxygens (including phenoxy) is 1. The first-order chi connectivity index (χ1) is 12.2. The second-order valence-electron chi connectivity index (χ2n) is 5.36. The molecule has 0 heterocycles. The Morgan fingerprint density at radius 2 is 1.65 bits per heavy atom. The van der Waals surface area contributed by atoms with Crippen molar-refractivity contribution in [1.29, 1.82) is 0 Å². The van der Waals surface area contributed by atoms with Gasteiger partial charge in [-0.05, 0) is 17.7 Å². The van der Waals surface area contributed by atoms with E-state index < -0.39 is 33.8 Å². The van der Waals surface area contributed by atoms with E-state index in [4.69, 9.17) is 14.4 Å². The molecule has 138 valence electrons. The molecule has 3 N–H and O–H groups in total. The minimum Gasteiger partial charge on any atom is -0.496 e. The van der Waals surface area contributed by atoms with Crippen molar-refractivity contribution in [2.75, 3.05) is 12.9 Å². The number of hydrogen-bond acceptors (Lipinski definition) is 5. The number of para-hydroxylation sites is 1. The number of nitrogens with one attached hydrogen (secondary N) is 1. The number of carboxylic acids is 1. The number of benzene rings is 2. The van der Waals surface area contributed by atoms with Crippen LogP contribution >= 0.6 is 0 Å². The molecule has 0 bridgehead atoms. The van der Waals surface area contributed by atoms with Crippen molar-refractivity contribution in [3.8, 4) is 16.9 Å². The molecule has 0 saturated carbocycles. The van der Waals surface area contributed by atoms with Crippen LogP contribution in [0.1, 0.15) is 10.4 Å². The third-order valence-corrected chi connectivity index (χ3v) is 4.30. The minimum atomic E-state index is -4.58. The molecule has 1 unspecified atom stereocenters. The van der Waals surface area contributed by atoms with Gasteiger partial charge >= 0.3 is 5.97 Å². The summed E-state index contributed by atoms with van der Waals surface area (Å²) in [7, 11) is -3.10. The van der Waals surface area contributed by atoms with Crippen LogP contribution in [-0.4, -0.2) is 48.9 Å². The maximum atomic E-state index is 12.5. The molecule has 26 heavy (non-hydrogen) atoms. The molecular weight excluding hydrogens is 362 g/mol. The third kappa shape index (κ3) is 4.80. The lowest BCUT2D eigenvalue weighted by atomic mass is 9.98. The molecule has 9 heteroatoms. The highest BCUT2D eigenvalue weighted by Crippen LogP contribution is 2.32. The van der Waals surface area contributed by atoms with Gasteiger partial charge in [-0.25, -0.2) is 4.79 Å². The van der Waals surface area contributed by atoms with E-state index in [1.165, 1.54) is 13.2 Å².